The van der Waals surface area contributed by atoms with Gasteiger partial charge in [-0.3, -0.25) is 0 Å². The van der Waals surface area contributed by atoms with E-state index < -0.39 is 16.9 Å². The monoisotopic (exact) mass is 242 g/mol. The normalized spacial score (nSPS) is 32.2. The first-order chi connectivity index (χ1) is 5.41. The Morgan fingerprint density at radius 1 is 1.42 bits per heavy atom. The molecule has 0 aromatic carbocycles. The summed E-state index contributed by atoms with van der Waals surface area (Å²) < 4.78 is 36.9. The van der Waals surface area contributed by atoms with Gasteiger partial charge in [0.05, 0.1) is 5.92 Å². The Morgan fingerprint density at radius 3 is 2.42 bits per heavy atom. The summed E-state index contributed by atoms with van der Waals surface area (Å²) in [4.78, 5) is -0.428. The molecule has 0 aromatic heterocycles. The summed E-state index contributed by atoms with van der Waals surface area (Å²) in [6.45, 7) is 3.59. The van der Waals surface area contributed by atoms with Gasteiger partial charge in [-0.05, 0) is 19.3 Å². The molecular weight excluding hydrogens is 233 g/mol. The zero-order valence-electron chi connectivity index (χ0n) is 6.49. The third-order valence-electron chi connectivity index (χ3n) is 2.14. The van der Waals surface area contributed by atoms with Gasteiger partial charge in [0.2, 0.25) is 0 Å². The van der Waals surface area contributed by atoms with Crippen molar-refractivity contribution < 1.29 is 13.2 Å². The van der Waals surface area contributed by atoms with E-state index in [9.17, 15) is 13.2 Å². The molecule has 1 saturated carbocycles. The Morgan fingerprint density at radius 2 is 2.00 bits per heavy atom. The molecule has 0 N–H and O–H groups in total. The van der Waals surface area contributed by atoms with Crippen molar-refractivity contribution in [1.82, 2.24) is 0 Å². The molecule has 0 aromatic rings. The van der Waals surface area contributed by atoms with Crippen molar-refractivity contribution in [3.05, 3.63) is 12.2 Å². The van der Waals surface area contributed by atoms with Crippen LogP contribution < -0.4 is 0 Å². The van der Waals surface area contributed by atoms with Crippen molar-refractivity contribution >= 4 is 15.9 Å². The molecule has 0 radical (unpaired) electrons. The quantitative estimate of drug-likeness (QED) is 0.449. The molecule has 1 aliphatic carbocycles. The summed E-state index contributed by atoms with van der Waals surface area (Å²) in [6.07, 6.45) is -2.75. The highest BCUT2D eigenvalue weighted by atomic mass is 79.9. The fourth-order valence-corrected chi connectivity index (χ4v) is 2.12. The minimum Gasteiger partial charge on any atom is -0.171 e. The number of alkyl halides is 4. The van der Waals surface area contributed by atoms with Crippen LogP contribution in [-0.4, -0.2) is 11.0 Å². The summed E-state index contributed by atoms with van der Waals surface area (Å²) >= 11 is 3.06. The molecule has 0 bridgehead atoms. The molecule has 0 spiro atoms. The van der Waals surface area contributed by atoms with Gasteiger partial charge in [0.15, 0.2) is 0 Å². The third-order valence-corrected chi connectivity index (χ3v) is 3.24. The van der Waals surface area contributed by atoms with Crippen molar-refractivity contribution in [3.8, 4) is 0 Å². The second-order valence-corrected chi connectivity index (χ2v) is 4.33. The average Bonchev–Trinajstić information content (AvgIpc) is 1.92. The summed E-state index contributed by atoms with van der Waals surface area (Å²) in [7, 11) is 0. The van der Waals surface area contributed by atoms with E-state index in [1.165, 1.54) is 0 Å². The zero-order chi connectivity index (χ0) is 9.35. The van der Waals surface area contributed by atoms with Crippen molar-refractivity contribution in [1.29, 1.82) is 0 Å². The average molecular weight is 243 g/mol. The van der Waals surface area contributed by atoms with Crippen LogP contribution in [0, 0.1) is 5.92 Å². The third kappa shape index (κ3) is 2.25. The first kappa shape index (κ1) is 10.1. The van der Waals surface area contributed by atoms with Crippen LogP contribution >= 0.6 is 15.9 Å². The smallest absolute Gasteiger partial charge is 0.171 e. The van der Waals surface area contributed by atoms with Crippen LogP contribution in [0.4, 0.5) is 13.2 Å². The first-order valence-electron chi connectivity index (χ1n) is 3.78. The maximum atomic E-state index is 12.3. The summed E-state index contributed by atoms with van der Waals surface area (Å²) in [5.74, 6) is -1.24. The van der Waals surface area contributed by atoms with Crippen LogP contribution in [-0.2, 0) is 0 Å². The van der Waals surface area contributed by atoms with Gasteiger partial charge in [-0.1, -0.05) is 28.1 Å². The van der Waals surface area contributed by atoms with Gasteiger partial charge < -0.3 is 0 Å². The molecule has 0 aliphatic heterocycles. The molecule has 1 rings (SSSR count). The summed E-state index contributed by atoms with van der Waals surface area (Å²) in [5.41, 5.74) is 0.716. The zero-order valence-corrected chi connectivity index (χ0v) is 8.08. The Kier molecular flexibility index (Phi) is 2.86. The van der Waals surface area contributed by atoms with Gasteiger partial charge in [0.1, 0.15) is 0 Å². The fraction of sp³-hybridized carbons (Fsp3) is 0.750. The van der Waals surface area contributed by atoms with E-state index >= 15 is 0 Å². The molecule has 2 atom stereocenters. The predicted octanol–water partition coefficient (Wildman–Crippen LogP) is 3.67. The van der Waals surface area contributed by atoms with Gasteiger partial charge in [0, 0.05) is 4.83 Å². The lowest BCUT2D eigenvalue weighted by atomic mass is 9.86. The van der Waals surface area contributed by atoms with Gasteiger partial charge in [-0.15, -0.1) is 0 Å². The maximum Gasteiger partial charge on any atom is 0.393 e. The van der Waals surface area contributed by atoms with Gasteiger partial charge in [-0.2, -0.15) is 13.2 Å². The van der Waals surface area contributed by atoms with Gasteiger partial charge >= 0.3 is 6.18 Å². The van der Waals surface area contributed by atoms with Crippen LogP contribution in [0.25, 0.3) is 0 Å². The Bertz CT molecular complexity index is 185. The van der Waals surface area contributed by atoms with E-state index in [0.29, 0.717) is 18.4 Å². The highest BCUT2D eigenvalue weighted by Crippen LogP contribution is 2.42. The Hall–Kier alpha value is 0.01000. The lowest BCUT2D eigenvalue weighted by Crippen LogP contribution is -2.33. The number of hydrogen-bond donors (Lipinski definition) is 0. The van der Waals surface area contributed by atoms with E-state index in [0.717, 1.165) is 0 Å². The Labute approximate surface area is 78.0 Å². The minimum absolute atomic E-state index is 0.0828. The van der Waals surface area contributed by atoms with Crippen LogP contribution in [0.2, 0.25) is 0 Å². The van der Waals surface area contributed by atoms with E-state index in [-0.39, 0.29) is 6.42 Å². The van der Waals surface area contributed by atoms with E-state index in [1.807, 2.05) is 0 Å². The Balaban J connectivity index is 2.67. The lowest BCUT2D eigenvalue weighted by Gasteiger charge is -2.30. The SMILES string of the molecule is C=C1CCC(Br)C(C(F)(F)F)C1. The van der Waals surface area contributed by atoms with E-state index in [4.69, 9.17) is 0 Å². The fourth-order valence-electron chi connectivity index (χ4n) is 1.40. The van der Waals surface area contributed by atoms with Crippen LogP contribution in [0.15, 0.2) is 12.2 Å². The van der Waals surface area contributed by atoms with Crippen molar-refractivity contribution in [2.45, 2.75) is 30.3 Å². The van der Waals surface area contributed by atoms with Gasteiger partial charge in [-0.25, -0.2) is 0 Å². The van der Waals surface area contributed by atoms with Crippen molar-refractivity contribution in [3.63, 3.8) is 0 Å². The standard InChI is InChI=1S/C8H10BrF3/c1-5-2-3-7(9)6(4-5)8(10,11)12/h6-7H,1-4H2. The molecule has 0 nitrogen and oxygen atoms in total. The molecule has 12 heavy (non-hydrogen) atoms. The van der Waals surface area contributed by atoms with Crippen molar-refractivity contribution in [2.75, 3.05) is 0 Å². The molecule has 1 fully saturated rings. The lowest BCUT2D eigenvalue weighted by molar-refractivity contribution is -0.175. The molecule has 2 unspecified atom stereocenters. The molecular formula is C8H10BrF3. The second kappa shape index (κ2) is 3.40. The molecule has 1 aliphatic rings. The predicted molar refractivity (Wildman–Crippen MR) is 45.3 cm³/mol. The maximum absolute atomic E-state index is 12.3. The minimum atomic E-state index is -4.09. The molecule has 4 heteroatoms. The topological polar surface area (TPSA) is 0 Å². The molecule has 0 amide bonds. The summed E-state index contributed by atoms with van der Waals surface area (Å²) in [5, 5.41) is 0. The molecule has 70 valence electrons. The van der Waals surface area contributed by atoms with Gasteiger partial charge in [0.25, 0.3) is 0 Å². The second-order valence-electron chi connectivity index (χ2n) is 3.16. The van der Waals surface area contributed by atoms with Crippen molar-refractivity contribution in [2.24, 2.45) is 5.92 Å². The highest BCUT2D eigenvalue weighted by Gasteiger charge is 2.45. The van der Waals surface area contributed by atoms with E-state index in [2.05, 4.69) is 22.5 Å². The number of hydrogen-bond acceptors (Lipinski definition) is 0. The van der Waals surface area contributed by atoms with Crippen LogP contribution in [0.3, 0.4) is 0 Å². The molecule has 0 heterocycles. The number of halogens is 4. The summed E-state index contributed by atoms with van der Waals surface area (Å²) in [6, 6.07) is 0. The molecule has 0 saturated heterocycles. The highest BCUT2D eigenvalue weighted by molar-refractivity contribution is 9.09. The van der Waals surface area contributed by atoms with Crippen LogP contribution in [0.1, 0.15) is 19.3 Å². The van der Waals surface area contributed by atoms with Crippen LogP contribution in [0.5, 0.6) is 0 Å². The first-order valence-corrected chi connectivity index (χ1v) is 4.70. The number of allylic oxidation sites excluding steroid dienone is 1. The number of rotatable bonds is 0. The largest absolute Gasteiger partial charge is 0.393 e. The van der Waals surface area contributed by atoms with E-state index in [1.54, 1.807) is 0 Å².